The van der Waals surface area contributed by atoms with Gasteiger partial charge in [0.2, 0.25) is 5.91 Å². The molecule has 7 heteroatoms. The summed E-state index contributed by atoms with van der Waals surface area (Å²) in [4.78, 5) is 14.3. The highest BCUT2D eigenvalue weighted by molar-refractivity contribution is 7.90. The molecule has 1 fully saturated rings. The summed E-state index contributed by atoms with van der Waals surface area (Å²) in [5.41, 5.74) is 1.76. The first-order valence-corrected chi connectivity index (χ1v) is 10.2. The van der Waals surface area contributed by atoms with E-state index in [1.54, 1.807) is 0 Å². The van der Waals surface area contributed by atoms with Crippen molar-refractivity contribution in [3.05, 3.63) is 29.8 Å². The minimum Gasteiger partial charge on any atom is -0.373 e. The van der Waals surface area contributed by atoms with Crippen LogP contribution in [0.3, 0.4) is 0 Å². The zero-order valence-electron chi connectivity index (χ0n) is 14.5. The largest absolute Gasteiger partial charge is 0.373 e. The maximum atomic E-state index is 12.0. The fourth-order valence-corrected chi connectivity index (χ4v) is 3.48. The number of ether oxygens (including phenoxy) is 1. The van der Waals surface area contributed by atoms with E-state index in [-0.39, 0.29) is 30.3 Å². The molecule has 1 aliphatic heterocycles. The second-order valence-corrected chi connectivity index (χ2v) is 8.80. The predicted molar refractivity (Wildman–Crippen MR) is 94.7 cm³/mol. The summed E-state index contributed by atoms with van der Waals surface area (Å²) < 4.78 is 28.1. The van der Waals surface area contributed by atoms with Gasteiger partial charge in [-0.2, -0.15) is 0 Å². The van der Waals surface area contributed by atoms with Crippen LogP contribution in [0.2, 0.25) is 0 Å². The molecule has 0 aromatic heterocycles. The summed E-state index contributed by atoms with van der Waals surface area (Å²) in [6, 6.07) is 7.63. The molecule has 2 rings (SSSR count). The molecule has 0 saturated carbocycles. The Balaban J connectivity index is 2.00. The highest BCUT2D eigenvalue weighted by Crippen LogP contribution is 2.20. The molecule has 24 heavy (non-hydrogen) atoms. The van der Waals surface area contributed by atoms with E-state index in [0.29, 0.717) is 0 Å². The Morgan fingerprint density at radius 2 is 1.88 bits per heavy atom. The Morgan fingerprint density at radius 3 is 2.50 bits per heavy atom. The number of hydrogen-bond donors (Lipinski definition) is 1. The second-order valence-electron chi connectivity index (χ2n) is 6.54. The van der Waals surface area contributed by atoms with Gasteiger partial charge in [0.05, 0.1) is 18.0 Å². The topological polar surface area (TPSA) is 75.7 Å². The van der Waals surface area contributed by atoms with Crippen LogP contribution in [0.25, 0.3) is 0 Å². The fraction of sp³-hybridized carbons (Fsp3) is 0.588. The van der Waals surface area contributed by atoms with Crippen molar-refractivity contribution in [1.29, 1.82) is 0 Å². The normalized spacial score (nSPS) is 22.3. The summed E-state index contributed by atoms with van der Waals surface area (Å²) in [5, 5.41) is 2.83. The van der Waals surface area contributed by atoms with Crippen molar-refractivity contribution < 1.29 is 17.9 Å². The summed E-state index contributed by atoms with van der Waals surface area (Å²) in [6.45, 7) is 6.53. The second kappa shape index (κ2) is 8.09. The molecular formula is C17H26N2O4S. The number of amides is 1. The number of rotatable bonds is 6. The summed E-state index contributed by atoms with van der Waals surface area (Å²) in [7, 11) is -3.14. The predicted octanol–water partition coefficient (Wildman–Crippen LogP) is 1.67. The molecule has 1 aliphatic rings. The minimum atomic E-state index is -3.14. The maximum Gasteiger partial charge on any atom is 0.225 e. The van der Waals surface area contributed by atoms with Crippen molar-refractivity contribution in [1.82, 2.24) is 4.90 Å². The quantitative estimate of drug-likeness (QED) is 0.841. The van der Waals surface area contributed by atoms with Crippen LogP contribution in [0.5, 0.6) is 0 Å². The van der Waals surface area contributed by atoms with E-state index in [0.717, 1.165) is 37.1 Å². The average Bonchev–Trinajstić information content (AvgIpc) is 2.45. The number of benzene rings is 1. The fourth-order valence-electron chi connectivity index (χ4n) is 2.93. The van der Waals surface area contributed by atoms with Gasteiger partial charge in [-0.15, -0.1) is 0 Å². The van der Waals surface area contributed by atoms with Crippen molar-refractivity contribution in [2.24, 2.45) is 0 Å². The SMILES string of the molecule is CC1CN(Cc2ccccc2NC(=O)CCS(C)(=O)=O)CC(C)O1. The number of nitrogens with one attached hydrogen (secondary N) is 1. The molecule has 0 aliphatic carbocycles. The van der Waals surface area contributed by atoms with Crippen LogP contribution >= 0.6 is 0 Å². The van der Waals surface area contributed by atoms with Crippen molar-refractivity contribution in [2.75, 3.05) is 30.4 Å². The van der Waals surface area contributed by atoms with Gasteiger partial charge in [0.1, 0.15) is 9.84 Å². The van der Waals surface area contributed by atoms with Crippen LogP contribution in [0, 0.1) is 0 Å². The van der Waals surface area contributed by atoms with Gasteiger partial charge in [-0.05, 0) is 25.5 Å². The first kappa shape index (κ1) is 18.9. The van der Waals surface area contributed by atoms with Crippen LogP contribution in [-0.4, -0.2) is 56.5 Å². The Morgan fingerprint density at radius 1 is 1.25 bits per heavy atom. The van der Waals surface area contributed by atoms with Crippen molar-refractivity contribution in [3.63, 3.8) is 0 Å². The van der Waals surface area contributed by atoms with Gasteiger partial charge in [-0.1, -0.05) is 18.2 Å². The molecule has 0 radical (unpaired) electrons. The highest BCUT2D eigenvalue weighted by Gasteiger charge is 2.22. The third-order valence-electron chi connectivity index (χ3n) is 3.88. The molecule has 2 unspecified atom stereocenters. The number of sulfone groups is 1. The van der Waals surface area contributed by atoms with Crippen molar-refractivity contribution in [3.8, 4) is 0 Å². The number of hydrogen-bond acceptors (Lipinski definition) is 5. The molecule has 0 bridgehead atoms. The van der Waals surface area contributed by atoms with Crippen molar-refractivity contribution >= 4 is 21.4 Å². The molecule has 6 nitrogen and oxygen atoms in total. The van der Waals surface area contributed by atoms with Crippen LogP contribution < -0.4 is 5.32 Å². The third-order valence-corrected chi connectivity index (χ3v) is 4.83. The van der Waals surface area contributed by atoms with E-state index in [4.69, 9.17) is 4.74 Å². The molecule has 1 saturated heterocycles. The van der Waals surface area contributed by atoms with E-state index in [9.17, 15) is 13.2 Å². The van der Waals surface area contributed by atoms with E-state index in [1.807, 2.05) is 24.3 Å². The lowest BCUT2D eigenvalue weighted by molar-refractivity contribution is -0.115. The molecule has 1 aromatic carbocycles. The zero-order valence-corrected chi connectivity index (χ0v) is 15.3. The lowest BCUT2D eigenvalue weighted by Gasteiger charge is -2.35. The summed E-state index contributed by atoms with van der Waals surface area (Å²) in [5.74, 6) is -0.420. The standard InChI is InChI=1S/C17H26N2O4S/c1-13-10-19(11-14(2)23-13)12-15-6-4-5-7-16(15)18-17(20)8-9-24(3,21)22/h4-7,13-14H,8-12H2,1-3H3,(H,18,20). The van der Waals surface area contributed by atoms with Gasteiger partial charge in [0.15, 0.2) is 0 Å². The third kappa shape index (κ3) is 6.22. The highest BCUT2D eigenvalue weighted by atomic mass is 32.2. The van der Waals surface area contributed by atoms with Gasteiger partial charge >= 0.3 is 0 Å². The first-order valence-electron chi connectivity index (χ1n) is 8.16. The molecule has 134 valence electrons. The molecule has 1 amide bonds. The zero-order chi connectivity index (χ0) is 17.7. The van der Waals surface area contributed by atoms with E-state index in [1.165, 1.54) is 0 Å². The number of nitrogens with zero attached hydrogens (tertiary/aromatic N) is 1. The lowest BCUT2D eigenvalue weighted by Crippen LogP contribution is -2.44. The van der Waals surface area contributed by atoms with Crippen molar-refractivity contribution in [2.45, 2.75) is 39.0 Å². The van der Waals surface area contributed by atoms with Crippen LogP contribution in [0.4, 0.5) is 5.69 Å². The lowest BCUT2D eigenvalue weighted by atomic mass is 10.1. The van der Waals surface area contributed by atoms with Crippen LogP contribution in [0.15, 0.2) is 24.3 Å². The Bertz CT molecular complexity index is 665. The minimum absolute atomic E-state index is 0.0290. The number of para-hydroxylation sites is 1. The number of morpholine rings is 1. The van der Waals surface area contributed by atoms with E-state index in [2.05, 4.69) is 24.1 Å². The molecule has 2 atom stereocenters. The Kier molecular flexibility index (Phi) is 6.37. The Labute approximate surface area is 144 Å². The summed E-state index contributed by atoms with van der Waals surface area (Å²) >= 11 is 0. The van der Waals surface area contributed by atoms with Gasteiger partial charge in [-0.3, -0.25) is 9.69 Å². The smallest absolute Gasteiger partial charge is 0.225 e. The van der Waals surface area contributed by atoms with Gasteiger partial charge in [0, 0.05) is 38.0 Å². The first-order chi connectivity index (χ1) is 11.2. The number of anilines is 1. The monoisotopic (exact) mass is 354 g/mol. The molecular weight excluding hydrogens is 328 g/mol. The average molecular weight is 354 g/mol. The van der Waals surface area contributed by atoms with Crippen LogP contribution in [-0.2, 0) is 25.9 Å². The molecule has 1 aromatic rings. The van der Waals surface area contributed by atoms with E-state index >= 15 is 0 Å². The molecule has 0 spiro atoms. The maximum absolute atomic E-state index is 12.0. The van der Waals surface area contributed by atoms with Gasteiger partial charge in [-0.25, -0.2) is 8.42 Å². The number of carbonyl (C=O) groups is 1. The molecule has 1 N–H and O–H groups in total. The Hall–Kier alpha value is -1.44. The van der Waals surface area contributed by atoms with Gasteiger partial charge in [0.25, 0.3) is 0 Å². The molecule has 1 heterocycles. The number of carbonyl (C=O) groups excluding carboxylic acids is 1. The van der Waals surface area contributed by atoms with Crippen LogP contribution in [0.1, 0.15) is 25.8 Å². The van der Waals surface area contributed by atoms with E-state index < -0.39 is 9.84 Å². The summed E-state index contributed by atoms with van der Waals surface area (Å²) in [6.07, 6.45) is 1.48. The van der Waals surface area contributed by atoms with Gasteiger partial charge < -0.3 is 10.1 Å².